The summed E-state index contributed by atoms with van der Waals surface area (Å²) in [5.74, 6) is 0.756. The van der Waals surface area contributed by atoms with E-state index in [1.54, 1.807) is 0 Å². The second kappa shape index (κ2) is 6.84. The predicted octanol–water partition coefficient (Wildman–Crippen LogP) is 5.51. The van der Waals surface area contributed by atoms with Crippen LogP contribution in [0.15, 0.2) is 36.4 Å². The molecule has 0 saturated carbocycles. The molecule has 0 aromatic heterocycles. The average molecular weight is 374 g/mol. The normalized spacial score (nSPS) is 17.8. The van der Waals surface area contributed by atoms with Crippen molar-refractivity contribution in [2.45, 2.75) is 46.3 Å². The third-order valence-corrected chi connectivity index (χ3v) is 4.95. The zero-order chi connectivity index (χ0) is 19.1. The van der Waals surface area contributed by atoms with Gasteiger partial charge in [0.25, 0.3) is 0 Å². The van der Waals surface area contributed by atoms with Crippen molar-refractivity contribution in [3.8, 4) is 16.9 Å². The lowest BCUT2D eigenvalue weighted by Gasteiger charge is -2.26. The van der Waals surface area contributed by atoms with Crippen LogP contribution in [0.2, 0.25) is 5.02 Å². The molecule has 3 rings (SSSR count). The highest BCUT2D eigenvalue weighted by atomic mass is 35.5. The molecule has 0 fully saturated rings. The van der Waals surface area contributed by atoms with Gasteiger partial charge in [-0.05, 0) is 55.2 Å². The standard InChI is InChI=1S/C21H24ClNO3/c1-12(2)25-15-6-8-16(18(22)10-15)13-5-7-17-14(9-13)11-21(3,4)19(17)26-20(23)24/h5-10,12,19H,11H2,1-4H3,(H2,23,24)/t19-/m0/s1. The van der Waals surface area contributed by atoms with Gasteiger partial charge in [-0.2, -0.15) is 0 Å². The Morgan fingerprint density at radius 3 is 2.58 bits per heavy atom. The van der Waals surface area contributed by atoms with Crippen molar-refractivity contribution in [1.29, 1.82) is 0 Å². The summed E-state index contributed by atoms with van der Waals surface area (Å²) in [5, 5.41) is 0.644. The number of carbonyl (C=O) groups excluding carboxylic acids is 1. The van der Waals surface area contributed by atoms with Crippen LogP contribution in [-0.4, -0.2) is 12.2 Å². The van der Waals surface area contributed by atoms with E-state index in [9.17, 15) is 4.79 Å². The fraction of sp³-hybridized carbons (Fsp3) is 0.381. The highest BCUT2D eigenvalue weighted by molar-refractivity contribution is 6.33. The minimum atomic E-state index is -0.746. The number of nitrogens with two attached hydrogens (primary N) is 1. The van der Waals surface area contributed by atoms with Crippen molar-refractivity contribution in [2.24, 2.45) is 11.1 Å². The first kappa shape index (κ1) is 18.6. The molecular weight excluding hydrogens is 350 g/mol. The second-order valence-corrected chi connectivity index (χ2v) is 8.11. The Hall–Kier alpha value is -2.20. The Bertz CT molecular complexity index is 845. The minimum absolute atomic E-state index is 0.0985. The summed E-state index contributed by atoms with van der Waals surface area (Å²) in [4.78, 5) is 11.3. The molecule has 2 N–H and O–H groups in total. The molecule has 0 spiro atoms. The Morgan fingerprint density at radius 1 is 1.23 bits per heavy atom. The van der Waals surface area contributed by atoms with Crippen molar-refractivity contribution in [3.63, 3.8) is 0 Å². The molecule has 26 heavy (non-hydrogen) atoms. The number of halogens is 1. The van der Waals surface area contributed by atoms with Crippen molar-refractivity contribution in [2.75, 3.05) is 0 Å². The van der Waals surface area contributed by atoms with E-state index in [2.05, 4.69) is 19.9 Å². The fourth-order valence-corrected chi connectivity index (χ4v) is 3.88. The van der Waals surface area contributed by atoms with E-state index in [0.717, 1.165) is 34.4 Å². The van der Waals surface area contributed by atoms with E-state index >= 15 is 0 Å². The Morgan fingerprint density at radius 2 is 1.96 bits per heavy atom. The first-order chi connectivity index (χ1) is 12.2. The number of ether oxygens (including phenoxy) is 2. The summed E-state index contributed by atoms with van der Waals surface area (Å²) in [6, 6.07) is 11.9. The largest absolute Gasteiger partial charge is 0.491 e. The molecule has 1 atom stereocenters. The van der Waals surface area contributed by atoms with Crippen LogP contribution in [0.4, 0.5) is 4.79 Å². The summed E-state index contributed by atoms with van der Waals surface area (Å²) in [5.41, 5.74) is 9.18. The molecule has 0 saturated heterocycles. The van der Waals surface area contributed by atoms with Crippen molar-refractivity contribution in [1.82, 2.24) is 0 Å². The molecule has 4 nitrogen and oxygen atoms in total. The summed E-state index contributed by atoms with van der Waals surface area (Å²) < 4.78 is 11.1. The number of amides is 1. The first-order valence-corrected chi connectivity index (χ1v) is 9.10. The maximum absolute atomic E-state index is 11.3. The lowest BCUT2D eigenvalue weighted by Crippen LogP contribution is -2.25. The summed E-state index contributed by atoms with van der Waals surface area (Å²) in [6.45, 7) is 8.11. The van der Waals surface area contributed by atoms with E-state index < -0.39 is 6.09 Å². The Balaban J connectivity index is 1.94. The predicted molar refractivity (Wildman–Crippen MR) is 104 cm³/mol. The third-order valence-electron chi connectivity index (χ3n) is 4.64. The number of carbonyl (C=O) groups is 1. The number of rotatable bonds is 4. The van der Waals surface area contributed by atoms with Gasteiger partial charge in [0.1, 0.15) is 11.9 Å². The quantitative estimate of drug-likeness (QED) is 0.768. The Kier molecular flexibility index (Phi) is 4.89. The van der Waals surface area contributed by atoms with Gasteiger partial charge in [-0.25, -0.2) is 4.79 Å². The SMILES string of the molecule is CC(C)Oc1ccc(-c2ccc3c(c2)CC(C)(C)[C@H]3OC(N)=O)c(Cl)c1. The molecule has 5 heteroatoms. The highest BCUT2D eigenvalue weighted by Gasteiger charge is 2.41. The van der Waals surface area contributed by atoms with Gasteiger partial charge >= 0.3 is 6.09 Å². The zero-order valence-corrected chi connectivity index (χ0v) is 16.3. The molecule has 0 radical (unpaired) electrons. The lowest BCUT2D eigenvalue weighted by molar-refractivity contribution is 0.0392. The van der Waals surface area contributed by atoms with Crippen LogP contribution in [0.5, 0.6) is 5.75 Å². The summed E-state index contributed by atoms with van der Waals surface area (Å²) in [7, 11) is 0. The monoisotopic (exact) mass is 373 g/mol. The van der Waals surface area contributed by atoms with Crippen molar-refractivity contribution < 1.29 is 14.3 Å². The highest BCUT2D eigenvalue weighted by Crippen LogP contribution is 2.48. The van der Waals surface area contributed by atoms with Crippen LogP contribution in [0.1, 0.15) is 44.9 Å². The molecule has 1 aliphatic carbocycles. The van der Waals surface area contributed by atoms with Crippen LogP contribution < -0.4 is 10.5 Å². The van der Waals surface area contributed by atoms with E-state index in [1.165, 1.54) is 0 Å². The van der Waals surface area contributed by atoms with Gasteiger partial charge in [0, 0.05) is 11.0 Å². The van der Waals surface area contributed by atoms with Gasteiger partial charge in [0.05, 0.1) is 11.1 Å². The number of hydrogen-bond donors (Lipinski definition) is 1. The van der Waals surface area contributed by atoms with Crippen molar-refractivity contribution in [3.05, 3.63) is 52.5 Å². The van der Waals surface area contributed by atoms with E-state index in [-0.39, 0.29) is 17.6 Å². The Labute approximate surface area is 159 Å². The minimum Gasteiger partial charge on any atom is -0.491 e. The molecule has 2 aromatic carbocycles. The van der Waals surface area contributed by atoms with Gasteiger partial charge in [-0.15, -0.1) is 0 Å². The average Bonchev–Trinajstić information content (AvgIpc) is 2.76. The van der Waals surface area contributed by atoms with E-state index in [4.69, 9.17) is 26.8 Å². The fourth-order valence-electron chi connectivity index (χ4n) is 3.60. The van der Waals surface area contributed by atoms with E-state index in [0.29, 0.717) is 5.02 Å². The second-order valence-electron chi connectivity index (χ2n) is 7.70. The molecule has 0 bridgehead atoms. The number of benzene rings is 2. The van der Waals surface area contributed by atoms with Gasteiger partial charge in [-0.3, -0.25) is 0 Å². The van der Waals surface area contributed by atoms with Crippen LogP contribution in [0.3, 0.4) is 0 Å². The van der Waals surface area contributed by atoms with Crippen LogP contribution in [0, 0.1) is 5.41 Å². The van der Waals surface area contributed by atoms with Gasteiger partial charge in [0.15, 0.2) is 0 Å². The number of hydrogen-bond acceptors (Lipinski definition) is 3. The maximum Gasteiger partial charge on any atom is 0.405 e. The van der Waals surface area contributed by atoms with Gasteiger partial charge in [-0.1, -0.05) is 43.6 Å². The van der Waals surface area contributed by atoms with Gasteiger partial charge in [0.2, 0.25) is 0 Å². The summed E-state index contributed by atoms with van der Waals surface area (Å²) in [6.07, 6.45) is -0.174. The molecule has 0 aliphatic heterocycles. The molecule has 1 aliphatic rings. The maximum atomic E-state index is 11.3. The van der Waals surface area contributed by atoms with Crippen LogP contribution >= 0.6 is 11.6 Å². The topological polar surface area (TPSA) is 61.6 Å². The first-order valence-electron chi connectivity index (χ1n) is 8.73. The molecule has 138 valence electrons. The van der Waals surface area contributed by atoms with Crippen LogP contribution in [-0.2, 0) is 11.2 Å². The molecule has 0 heterocycles. The van der Waals surface area contributed by atoms with Crippen LogP contribution in [0.25, 0.3) is 11.1 Å². The van der Waals surface area contributed by atoms with E-state index in [1.807, 2.05) is 44.2 Å². The zero-order valence-electron chi connectivity index (χ0n) is 15.5. The number of primary amides is 1. The summed E-state index contributed by atoms with van der Waals surface area (Å²) >= 11 is 6.49. The van der Waals surface area contributed by atoms with Gasteiger partial charge < -0.3 is 15.2 Å². The van der Waals surface area contributed by atoms with Crippen molar-refractivity contribution >= 4 is 17.7 Å². The third kappa shape index (κ3) is 3.65. The molecular formula is C21H24ClNO3. The smallest absolute Gasteiger partial charge is 0.405 e. The molecule has 0 unspecified atom stereocenters. The lowest BCUT2D eigenvalue weighted by atomic mass is 9.87. The molecule has 2 aromatic rings. The molecule has 1 amide bonds. The number of fused-ring (bicyclic) bond motifs is 1.